The van der Waals surface area contributed by atoms with Crippen LogP contribution in [0.5, 0.6) is 0 Å². The van der Waals surface area contributed by atoms with Gasteiger partial charge in [0, 0.05) is 17.2 Å². The smallest absolute Gasteiger partial charge is 0.273 e. The number of aromatic amines is 1. The van der Waals surface area contributed by atoms with Crippen LogP contribution in [0, 0.1) is 18.3 Å². The van der Waals surface area contributed by atoms with E-state index in [0.29, 0.717) is 21.4 Å². The summed E-state index contributed by atoms with van der Waals surface area (Å²) in [4.78, 5) is 0. The standard InChI is InChI=1S/C15H21N2OSi/c1-9-14(18-19-4)6-5-11-7-13-12(8-15(9,11)3)10(2)16-17-13/h7,9,14H,4-6,8H2,1-3H3,(H,16,17). The van der Waals surface area contributed by atoms with E-state index >= 15 is 0 Å². The quantitative estimate of drug-likeness (QED) is 0.841. The molecule has 3 rings (SSSR count). The van der Waals surface area contributed by atoms with Gasteiger partial charge in [0.25, 0.3) is 9.38 Å². The van der Waals surface area contributed by atoms with Crippen LogP contribution < -0.4 is 0 Å². The number of aryl methyl sites for hydroxylation is 1. The summed E-state index contributed by atoms with van der Waals surface area (Å²) in [5, 5.41) is 7.54. The van der Waals surface area contributed by atoms with Crippen LogP contribution in [0.2, 0.25) is 0 Å². The molecule has 101 valence electrons. The van der Waals surface area contributed by atoms with Crippen LogP contribution in [0.15, 0.2) is 5.57 Å². The number of aromatic nitrogens is 2. The van der Waals surface area contributed by atoms with Crippen molar-refractivity contribution in [2.75, 3.05) is 0 Å². The zero-order chi connectivity index (χ0) is 13.6. The molecule has 1 aromatic rings. The maximum absolute atomic E-state index is 5.87. The molecule has 1 saturated carbocycles. The summed E-state index contributed by atoms with van der Waals surface area (Å²) in [5.41, 5.74) is 5.50. The Morgan fingerprint density at radius 1 is 1.58 bits per heavy atom. The summed E-state index contributed by atoms with van der Waals surface area (Å²) in [5.74, 6) is 0.532. The van der Waals surface area contributed by atoms with Gasteiger partial charge in [-0.2, -0.15) is 5.10 Å². The van der Waals surface area contributed by atoms with Crippen LogP contribution in [-0.2, 0) is 10.8 Å². The van der Waals surface area contributed by atoms with Crippen molar-refractivity contribution in [2.24, 2.45) is 11.3 Å². The third kappa shape index (κ3) is 1.84. The van der Waals surface area contributed by atoms with E-state index < -0.39 is 0 Å². The highest BCUT2D eigenvalue weighted by Crippen LogP contribution is 2.51. The fourth-order valence-corrected chi connectivity index (χ4v) is 4.20. The number of nitrogens with one attached hydrogen (secondary N) is 1. The first-order chi connectivity index (χ1) is 9.06. The maximum atomic E-state index is 5.87. The van der Waals surface area contributed by atoms with Crippen LogP contribution in [0.25, 0.3) is 6.08 Å². The maximum Gasteiger partial charge on any atom is 0.273 e. The number of nitrogens with zero attached hydrogens (tertiary/aromatic N) is 1. The molecular weight excluding hydrogens is 252 g/mol. The Labute approximate surface area is 117 Å². The normalized spacial score (nSPS) is 33.1. The Morgan fingerprint density at radius 3 is 3.11 bits per heavy atom. The molecule has 1 radical (unpaired) electrons. The van der Waals surface area contributed by atoms with Crippen molar-refractivity contribution in [3.8, 4) is 0 Å². The first-order valence-electron chi connectivity index (χ1n) is 6.99. The van der Waals surface area contributed by atoms with E-state index in [1.807, 2.05) is 0 Å². The number of H-pyrrole nitrogens is 1. The van der Waals surface area contributed by atoms with E-state index in [0.717, 1.165) is 25.0 Å². The molecule has 2 aliphatic rings. The van der Waals surface area contributed by atoms with E-state index in [4.69, 9.17) is 4.43 Å². The van der Waals surface area contributed by atoms with Gasteiger partial charge in [0.05, 0.1) is 11.8 Å². The van der Waals surface area contributed by atoms with Gasteiger partial charge in [0.2, 0.25) is 0 Å². The fourth-order valence-electron chi connectivity index (χ4n) is 3.66. The second-order valence-electron chi connectivity index (χ2n) is 6.10. The minimum atomic E-state index is 0.213. The molecule has 1 heterocycles. The molecule has 1 fully saturated rings. The lowest BCUT2D eigenvalue weighted by Gasteiger charge is -2.47. The molecule has 0 bridgehead atoms. The van der Waals surface area contributed by atoms with E-state index in [9.17, 15) is 0 Å². The fraction of sp³-hybridized carbons (Fsp3) is 0.600. The monoisotopic (exact) mass is 273 g/mol. The summed E-state index contributed by atoms with van der Waals surface area (Å²) in [6.45, 7) is 6.84. The SMILES string of the molecule is C=[Si]OC1CCC2=Cc3n[nH]c(C)c3CC2(C)C1C. The largest absolute Gasteiger partial charge is 0.545 e. The zero-order valence-electron chi connectivity index (χ0n) is 11.9. The van der Waals surface area contributed by atoms with Crippen molar-refractivity contribution in [1.29, 1.82) is 0 Å². The Kier molecular flexibility index (Phi) is 3.00. The summed E-state index contributed by atoms with van der Waals surface area (Å²) < 4.78 is 5.87. The molecule has 0 amide bonds. The molecular formula is C15H21N2OSi. The number of hydrogen-bond donors (Lipinski definition) is 1. The van der Waals surface area contributed by atoms with Crippen molar-refractivity contribution < 1.29 is 4.43 Å². The van der Waals surface area contributed by atoms with E-state index in [-0.39, 0.29) is 5.41 Å². The second-order valence-corrected chi connectivity index (χ2v) is 6.63. The summed E-state index contributed by atoms with van der Waals surface area (Å²) >= 11 is 0. The van der Waals surface area contributed by atoms with Crippen molar-refractivity contribution in [3.05, 3.63) is 22.5 Å². The molecule has 1 aromatic heterocycles. The van der Waals surface area contributed by atoms with Crippen LogP contribution >= 0.6 is 0 Å². The van der Waals surface area contributed by atoms with E-state index in [1.165, 1.54) is 11.3 Å². The Bertz CT molecular complexity index is 548. The molecule has 0 spiro atoms. The van der Waals surface area contributed by atoms with Crippen molar-refractivity contribution >= 4 is 21.6 Å². The highest BCUT2D eigenvalue weighted by molar-refractivity contribution is 6.33. The van der Waals surface area contributed by atoms with Gasteiger partial charge in [0.15, 0.2) is 0 Å². The molecule has 2 aliphatic carbocycles. The van der Waals surface area contributed by atoms with Gasteiger partial charge in [0.1, 0.15) is 0 Å². The number of allylic oxidation sites excluding steroid dienone is 1. The Hall–Kier alpha value is -1.16. The zero-order valence-corrected chi connectivity index (χ0v) is 12.9. The van der Waals surface area contributed by atoms with Gasteiger partial charge in [-0.3, -0.25) is 5.10 Å². The van der Waals surface area contributed by atoms with Gasteiger partial charge in [-0.25, -0.2) is 0 Å². The van der Waals surface area contributed by atoms with Crippen molar-refractivity contribution in [2.45, 2.75) is 46.1 Å². The lowest BCUT2D eigenvalue weighted by atomic mass is 9.59. The number of fused-ring (bicyclic) bond motifs is 2. The van der Waals surface area contributed by atoms with Gasteiger partial charge in [-0.05, 0) is 37.7 Å². The minimum Gasteiger partial charge on any atom is -0.545 e. The van der Waals surface area contributed by atoms with Crippen molar-refractivity contribution in [1.82, 2.24) is 10.2 Å². The third-order valence-corrected chi connectivity index (χ3v) is 5.66. The summed E-state index contributed by atoms with van der Waals surface area (Å²) in [6, 6.07) is 0. The van der Waals surface area contributed by atoms with Gasteiger partial charge < -0.3 is 4.43 Å². The summed E-state index contributed by atoms with van der Waals surface area (Å²) in [6.07, 6.45) is 9.84. The summed E-state index contributed by atoms with van der Waals surface area (Å²) in [7, 11) is 0.342. The molecule has 0 aliphatic heterocycles. The molecule has 3 atom stereocenters. The van der Waals surface area contributed by atoms with Gasteiger partial charge >= 0.3 is 0 Å². The van der Waals surface area contributed by atoms with Crippen LogP contribution in [-0.4, -0.2) is 31.9 Å². The lowest BCUT2D eigenvalue weighted by Crippen LogP contribution is -2.44. The predicted molar refractivity (Wildman–Crippen MR) is 79.3 cm³/mol. The van der Waals surface area contributed by atoms with Crippen molar-refractivity contribution in [3.63, 3.8) is 0 Å². The molecule has 3 unspecified atom stereocenters. The van der Waals surface area contributed by atoms with E-state index in [1.54, 1.807) is 5.57 Å². The topological polar surface area (TPSA) is 37.9 Å². The molecule has 3 nitrogen and oxygen atoms in total. The highest BCUT2D eigenvalue weighted by Gasteiger charge is 2.45. The van der Waals surface area contributed by atoms with Crippen LogP contribution in [0.3, 0.4) is 0 Å². The molecule has 0 aromatic carbocycles. The lowest BCUT2D eigenvalue weighted by molar-refractivity contribution is 0.0480. The number of hydrogen-bond acceptors (Lipinski definition) is 2. The molecule has 19 heavy (non-hydrogen) atoms. The second kappa shape index (κ2) is 4.44. The first-order valence-corrected chi connectivity index (χ1v) is 8.10. The average Bonchev–Trinajstić information content (AvgIpc) is 2.73. The molecule has 1 N–H and O–H groups in total. The third-order valence-electron chi connectivity index (χ3n) is 5.19. The minimum absolute atomic E-state index is 0.213. The molecule has 0 saturated heterocycles. The Balaban J connectivity index is 2.00. The number of rotatable bonds is 2. The first kappa shape index (κ1) is 12.8. The van der Waals surface area contributed by atoms with Crippen LogP contribution in [0.4, 0.5) is 0 Å². The Morgan fingerprint density at radius 2 is 2.37 bits per heavy atom. The highest BCUT2D eigenvalue weighted by atomic mass is 28.2. The van der Waals surface area contributed by atoms with Crippen LogP contribution in [0.1, 0.15) is 43.6 Å². The van der Waals surface area contributed by atoms with Gasteiger partial charge in [-0.15, -0.1) is 0 Å². The average molecular weight is 273 g/mol. The van der Waals surface area contributed by atoms with Gasteiger partial charge in [-0.1, -0.05) is 25.6 Å². The predicted octanol–water partition coefficient (Wildman–Crippen LogP) is 2.53. The molecule has 4 heteroatoms. The van der Waals surface area contributed by atoms with E-state index in [2.05, 4.69) is 43.2 Å².